The first-order valence-electron chi connectivity index (χ1n) is 6.20. The van der Waals surface area contributed by atoms with Crippen LogP contribution in [0, 0.1) is 10.1 Å². The number of esters is 1. The van der Waals surface area contributed by atoms with E-state index in [0.717, 1.165) is 0 Å². The number of nitro groups is 1. The van der Waals surface area contributed by atoms with E-state index in [0.29, 0.717) is 0 Å². The number of benzene rings is 1. The first kappa shape index (κ1) is 15.2. The van der Waals surface area contributed by atoms with Crippen LogP contribution in [0.5, 0.6) is 0 Å². The normalized spacial score (nSPS) is 11.9. The first-order valence-corrected chi connectivity index (χ1v) is 6.20. The van der Waals surface area contributed by atoms with Crippen molar-refractivity contribution < 1.29 is 19.6 Å². The number of aromatic amines is 1. The van der Waals surface area contributed by atoms with E-state index in [1.165, 1.54) is 19.1 Å². The van der Waals surface area contributed by atoms with Gasteiger partial charge in [0.25, 0.3) is 11.3 Å². The van der Waals surface area contributed by atoms with E-state index in [2.05, 4.69) is 14.9 Å². The summed E-state index contributed by atoms with van der Waals surface area (Å²) in [6.07, 6.45) is 0. The molecule has 0 aliphatic heterocycles. The molecule has 0 unspecified atom stereocenters. The van der Waals surface area contributed by atoms with Crippen LogP contribution >= 0.6 is 0 Å². The second-order valence-electron chi connectivity index (χ2n) is 4.12. The third-order valence-corrected chi connectivity index (χ3v) is 2.80. The molecule has 0 radical (unpaired) electrons. The molecule has 1 aromatic heterocycles. The zero-order valence-corrected chi connectivity index (χ0v) is 11.4. The second-order valence-corrected chi connectivity index (χ2v) is 4.12. The van der Waals surface area contributed by atoms with Crippen molar-refractivity contribution in [2.24, 2.45) is 0 Å². The van der Waals surface area contributed by atoms with Crippen molar-refractivity contribution in [3.8, 4) is 0 Å². The summed E-state index contributed by atoms with van der Waals surface area (Å²) in [5.41, 5.74) is -1.81. The number of H-pyrrole nitrogens is 1. The van der Waals surface area contributed by atoms with Crippen molar-refractivity contribution in [3.05, 3.63) is 56.2 Å². The maximum Gasteiger partial charge on any atom is 0.380 e. The number of ether oxygens (including phenoxy) is 1. The van der Waals surface area contributed by atoms with Gasteiger partial charge in [-0.3, -0.25) is 14.9 Å². The highest BCUT2D eigenvalue weighted by atomic mass is 16.6. The van der Waals surface area contributed by atoms with Crippen LogP contribution in [0.4, 0.5) is 0 Å². The maximum atomic E-state index is 11.7. The molecule has 0 saturated heterocycles. The predicted octanol–water partition coefficient (Wildman–Crippen LogP) is 0.989. The summed E-state index contributed by atoms with van der Waals surface area (Å²) in [7, 11) is 0. The van der Waals surface area contributed by atoms with Gasteiger partial charge in [0.05, 0.1) is 16.9 Å². The molecule has 22 heavy (non-hydrogen) atoms. The SMILES string of the molecule is CCOC(=O)/C(O)=C(/c1n[nH]c(=O)c2ccccc12)[N+](=O)[O-]. The summed E-state index contributed by atoms with van der Waals surface area (Å²) >= 11 is 0. The molecule has 0 amide bonds. The summed E-state index contributed by atoms with van der Waals surface area (Å²) in [6, 6.07) is 5.99. The predicted molar refractivity (Wildman–Crippen MR) is 75.5 cm³/mol. The minimum absolute atomic E-state index is 0.0618. The quantitative estimate of drug-likeness (QED) is 0.282. The molecule has 0 bridgehead atoms. The molecule has 2 N–H and O–H groups in total. The van der Waals surface area contributed by atoms with Gasteiger partial charge >= 0.3 is 11.7 Å². The molecule has 9 nitrogen and oxygen atoms in total. The van der Waals surface area contributed by atoms with Gasteiger partial charge in [-0.1, -0.05) is 18.2 Å². The van der Waals surface area contributed by atoms with Crippen molar-refractivity contribution >= 4 is 22.4 Å². The van der Waals surface area contributed by atoms with Crippen molar-refractivity contribution in [1.82, 2.24) is 10.2 Å². The largest absolute Gasteiger partial charge is 0.497 e. The van der Waals surface area contributed by atoms with Crippen LogP contribution in [-0.2, 0) is 9.53 Å². The highest BCUT2D eigenvalue weighted by molar-refractivity contribution is 5.97. The topological polar surface area (TPSA) is 135 Å². The van der Waals surface area contributed by atoms with Crippen LogP contribution in [0.15, 0.2) is 34.8 Å². The number of aliphatic hydroxyl groups excluding tert-OH is 1. The maximum absolute atomic E-state index is 11.7. The standard InChI is InChI=1S/C13H11N3O6/c1-2-22-13(19)11(17)10(16(20)21)9-7-5-3-4-6-8(7)12(18)15-14-9/h3-6,17H,2H2,1H3,(H,15,18)/b11-10+. The molecule has 1 heterocycles. The van der Waals surface area contributed by atoms with Crippen LogP contribution in [0.25, 0.3) is 16.5 Å². The number of aliphatic hydroxyl groups is 1. The van der Waals surface area contributed by atoms with Crippen molar-refractivity contribution in [1.29, 1.82) is 0 Å². The van der Waals surface area contributed by atoms with Crippen LogP contribution in [0.3, 0.4) is 0 Å². The fraction of sp³-hybridized carbons (Fsp3) is 0.154. The number of carbonyl (C=O) groups is 1. The van der Waals surface area contributed by atoms with E-state index in [1.54, 1.807) is 12.1 Å². The van der Waals surface area contributed by atoms with Crippen LogP contribution in [-0.4, -0.2) is 32.8 Å². The van der Waals surface area contributed by atoms with Gasteiger partial charge in [0.1, 0.15) is 0 Å². The van der Waals surface area contributed by atoms with Gasteiger partial charge in [-0.05, 0) is 13.0 Å². The van der Waals surface area contributed by atoms with Gasteiger partial charge in [-0.25, -0.2) is 9.89 Å². The number of hydrogen-bond donors (Lipinski definition) is 2. The number of nitrogens with one attached hydrogen (secondary N) is 1. The number of hydrogen-bond acceptors (Lipinski definition) is 7. The van der Waals surface area contributed by atoms with Crippen LogP contribution < -0.4 is 5.56 Å². The van der Waals surface area contributed by atoms with E-state index in [9.17, 15) is 24.8 Å². The Bertz CT molecular complexity index is 839. The van der Waals surface area contributed by atoms with Crippen molar-refractivity contribution in [2.75, 3.05) is 6.61 Å². The van der Waals surface area contributed by atoms with E-state index >= 15 is 0 Å². The van der Waals surface area contributed by atoms with E-state index in [-0.39, 0.29) is 23.1 Å². The van der Waals surface area contributed by atoms with E-state index in [1.807, 2.05) is 0 Å². The highest BCUT2D eigenvalue weighted by Gasteiger charge is 2.30. The molecule has 9 heteroatoms. The lowest BCUT2D eigenvalue weighted by Gasteiger charge is -2.05. The summed E-state index contributed by atoms with van der Waals surface area (Å²) in [6.45, 7) is 1.43. The average molecular weight is 305 g/mol. The Morgan fingerprint density at radius 3 is 2.64 bits per heavy atom. The number of nitrogens with zero attached hydrogens (tertiary/aromatic N) is 2. The zero-order valence-electron chi connectivity index (χ0n) is 11.4. The van der Waals surface area contributed by atoms with Gasteiger partial charge in [0, 0.05) is 5.39 Å². The number of fused-ring (bicyclic) bond motifs is 1. The van der Waals surface area contributed by atoms with Crippen LogP contribution in [0.1, 0.15) is 12.6 Å². The van der Waals surface area contributed by atoms with Gasteiger partial charge in [0.15, 0.2) is 5.69 Å². The van der Waals surface area contributed by atoms with Gasteiger partial charge in [0.2, 0.25) is 0 Å². The summed E-state index contributed by atoms with van der Waals surface area (Å²) in [4.78, 5) is 33.5. The average Bonchev–Trinajstić information content (AvgIpc) is 2.50. The lowest BCUT2D eigenvalue weighted by Crippen LogP contribution is -2.17. The fourth-order valence-corrected chi connectivity index (χ4v) is 1.88. The van der Waals surface area contributed by atoms with Crippen LogP contribution in [0.2, 0.25) is 0 Å². The third kappa shape index (κ3) is 2.64. The van der Waals surface area contributed by atoms with E-state index < -0.39 is 27.9 Å². The molecule has 2 aromatic rings. The Morgan fingerprint density at radius 2 is 2.05 bits per heavy atom. The van der Waals surface area contributed by atoms with Gasteiger partial charge < -0.3 is 9.84 Å². The molecule has 0 spiro atoms. The monoisotopic (exact) mass is 305 g/mol. The van der Waals surface area contributed by atoms with Gasteiger partial charge in [-0.15, -0.1) is 0 Å². The number of carbonyl (C=O) groups excluding carboxylic acids is 1. The highest BCUT2D eigenvalue weighted by Crippen LogP contribution is 2.23. The third-order valence-electron chi connectivity index (χ3n) is 2.80. The molecule has 0 fully saturated rings. The molecular weight excluding hydrogens is 294 g/mol. The Labute approximate surface area is 123 Å². The molecule has 2 rings (SSSR count). The Morgan fingerprint density at radius 1 is 1.41 bits per heavy atom. The number of aromatic nitrogens is 2. The first-order chi connectivity index (χ1) is 10.5. The minimum atomic E-state index is -1.24. The summed E-state index contributed by atoms with van der Waals surface area (Å²) < 4.78 is 4.54. The lowest BCUT2D eigenvalue weighted by molar-refractivity contribution is -0.377. The zero-order chi connectivity index (χ0) is 16.3. The lowest BCUT2D eigenvalue weighted by atomic mass is 10.1. The van der Waals surface area contributed by atoms with E-state index in [4.69, 9.17) is 0 Å². The van der Waals surface area contributed by atoms with Crippen molar-refractivity contribution in [3.63, 3.8) is 0 Å². The molecule has 0 aliphatic rings. The second kappa shape index (κ2) is 6.04. The van der Waals surface area contributed by atoms with Gasteiger partial charge in [-0.2, -0.15) is 5.10 Å². The smallest absolute Gasteiger partial charge is 0.380 e. The van der Waals surface area contributed by atoms with Crippen molar-refractivity contribution in [2.45, 2.75) is 6.92 Å². The number of rotatable bonds is 4. The summed E-state index contributed by atoms with van der Waals surface area (Å²) in [5.74, 6) is -2.43. The molecular formula is C13H11N3O6. The fourth-order valence-electron chi connectivity index (χ4n) is 1.88. The Balaban J connectivity index is 2.78. The molecule has 0 saturated carbocycles. The molecule has 1 aromatic carbocycles. The molecule has 0 atom stereocenters. The Hall–Kier alpha value is -3.23. The molecule has 114 valence electrons. The Kier molecular flexibility index (Phi) is 4.16. The molecule has 0 aliphatic carbocycles. The summed E-state index contributed by atoms with van der Waals surface area (Å²) in [5, 5.41) is 27.0. The minimum Gasteiger partial charge on any atom is -0.497 e.